The average molecular weight is 267 g/mol. The summed E-state index contributed by atoms with van der Waals surface area (Å²) in [7, 11) is 3.18. The predicted molar refractivity (Wildman–Crippen MR) is 68.2 cm³/mol. The van der Waals surface area contributed by atoms with Gasteiger partial charge < -0.3 is 20.5 Å². The lowest BCUT2D eigenvalue weighted by atomic mass is 9.64. The maximum atomic E-state index is 11.7. The molecule has 1 amide bonds. The van der Waals surface area contributed by atoms with Gasteiger partial charge in [0.2, 0.25) is 0 Å². The Morgan fingerprint density at radius 2 is 2.12 bits per heavy atom. The van der Waals surface area contributed by atoms with Gasteiger partial charge in [-0.25, -0.2) is 0 Å². The van der Waals surface area contributed by atoms with Crippen LogP contribution in [0.4, 0.5) is 0 Å². The van der Waals surface area contributed by atoms with E-state index in [1.54, 1.807) is 7.11 Å². The molecule has 1 aliphatic rings. The molecule has 1 fully saturated rings. The van der Waals surface area contributed by atoms with Crippen LogP contribution in [-0.2, 0) is 14.3 Å². The molecule has 1 saturated carbocycles. The molecule has 0 aliphatic heterocycles. The van der Waals surface area contributed by atoms with E-state index in [1.165, 1.54) is 7.11 Å². The van der Waals surface area contributed by atoms with Gasteiger partial charge in [-0.15, -0.1) is 12.4 Å². The Bertz CT molecular complexity index is 257. The highest BCUT2D eigenvalue weighted by molar-refractivity contribution is 5.85. The Kier molecular flexibility index (Phi) is 6.40. The molecule has 3 atom stereocenters. The van der Waals surface area contributed by atoms with Crippen molar-refractivity contribution in [2.75, 3.05) is 20.8 Å². The molecule has 17 heavy (non-hydrogen) atoms. The molecule has 1 rings (SSSR count). The van der Waals surface area contributed by atoms with Crippen LogP contribution in [-0.4, -0.2) is 44.9 Å². The van der Waals surface area contributed by atoms with E-state index in [9.17, 15) is 4.79 Å². The maximum absolute atomic E-state index is 11.7. The van der Waals surface area contributed by atoms with Crippen LogP contribution in [0.1, 0.15) is 20.3 Å². The molecular formula is C11H23ClN2O3. The first-order chi connectivity index (χ1) is 7.47. The van der Waals surface area contributed by atoms with Crippen LogP contribution in [0.5, 0.6) is 0 Å². The highest BCUT2D eigenvalue weighted by Crippen LogP contribution is 2.42. The van der Waals surface area contributed by atoms with Gasteiger partial charge in [0.25, 0.3) is 5.91 Å². The number of carbonyl (C=O) groups excluding carboxylic acids is 1. The lowest BCUT2D eigenvalue weighted by molar-refractivity contribution is -0.140. The molecule has 0 spiro atoms. The summed E-state index contributed by atoms with van der Waals surface area (Å²) in [4.78, 5) is 11.7. The second kappa shape index (κ2) is 6.54. The summed E-state index contributed by atoms with van der Waals surface area (Å²) in [5, 5.41) is 2.95. The van der Waals surface area contributed by atoms with Crippen LogP contribution in [0.3, 0.4) is 0 Å². The van der Waals surface area contributed by atoms with E-state index >= 15 is 0 Å². The second-order valence-electron chi connectivity index (χ2n) is 4.80. The molecule has 0 bridgehead atoms. The lowest BCUT2D eigenvalue weighted by Crippen LogP contribution is -2.63. The van der Waals surface area contributed by atoms with E-state index in [4.69, 9.17) is 15.2 Å². The van der Waals surface area contributed by atoms with Gasteiger partial charge in [0.05, 0.1) is 6.10 Å². The molecule has 3 unspecified atom stereocenters. The molecule has 0 radical (unpaired) electrons. The normalized spacial score (nSPS) is 27.6. The van der Waals surface area contributed by atoms with Crippen molar-refractivity contribution in [3.05, 3.63) is 0 Å². The predicted octanol–water partition coefficient (Wildman–Crippen LogP) is 0.312. The maximum Gasteiger partial charge on any atom is 0.250 e. The molecule has 102 valence electrons. The van der Waals surface area contributed by atoms with Crippen molar-refractivity contribution in [2.45, 2.75) is 38.5 Å². The van der Waals surface area contributed by atoms with Gasteiger partial charge >= 0.3 is 0 Å². The Morgan fingerprint density at radius 3 is 2.47 bits per heavy atom. The van der Waals surface area contributed by atoms with Crippen molar-refractivity contribution in [1.82, 2.24) is 5.32 Å². The smallest absolute Gasteiger partial charge is 0.250 e. The number of ether oxygens (including phenoxy) is 2. The molecular weight excluding hydrogens is 244 g/mol. The highest BCUT2D eigenvalue weighted by atomic mass is 35.5. The van der Waals surface area contributed by atoms with Crippen LogP contribution in [0.15, 0.2) is 0 Å². The van der Waals surface area contributed by atoms with Gasteiger partial charge in [-0.3, -0.25) is 4.79 Å². The number of hydrogen-bond acceptors (Lipinski definition) is 4. The van der Waals surface area contributed by atoms with Crippen molar-refractivity contribution < 1.29 is 14.3 Å². The summed E-state index contributed by atoms with van der Waals surface area (Å²) in [5.74, 6) is -0.141. The van der Waals surface area contributed by atoms with Gasteiger partial charge in [0, 0.05) is 32.2 Å². The number of nitrogens with two attached hydrogens (primary N) is 1. The van der Waals surface area contributed by atoms with Gasteiger partial charge in [-0.05, 0) is 6.42 Å². The largest absolute Gasteiger partial charge is 0.381 e. The monoisotopic (exact) mass is 266 g/mol. The van der Waals surface area contributed by atoms with Crippen LogP contribution < -0.4 is 11.1 Å². The molecule has 5 nitrogen and oxygen atoms in total. The quantitative estimate of drug-likeness (QED) is 0.751. The highest BCUT2D eigenvalue weighted by Gasteiger charge is 2.49. The Balaban J connectivity index is 0.00000256. The van der Waals surface area contributed by atoms with Crippen LogP contribution in [0.2, 0.25) is 0 Å². The SMILES string of the molecule is COC(CN)C(=O)NC1CC(OC)C1(C)C.Cl. The Labute approximate surface area is 109 Å². The van der Waals surface area contributed by atoms with E-state index in [2.05, 4.69) is 19.2 Å². The Morgan fingerprint density at radius 1 is 1.53 bits per heavy atom. The zero-order valence-corrected chi connectivity index (χ0v) is 11.7. The standard InChI is InChI=1S/C11H22N2O3.ClH/c1-11(2)8(5-9(11)16-4)13-10(14)7(6-12)15-3;/h7-9H,5-6,12H2,1-4H3,(H,13,14);1H. The van der Waals surface area contributed by atoms with Gasteiger partial charge in [0.15, 0.2) is 0 Å². The average Bonchev–Trinajstić information content (AvgIpc) is 2.25. The van der Waals surface area contributed by atoms with Crippen LogP contribution in [0.25, 0.3) is 0 Å². The molecule has 6 heteroatoms. The molecule has 0 aromatic heterocycles. The summed E-state index contributed by atoms with van der Waals surface area (Å²) in [5.41, 5.74) is 5.40. The minimum Gasteiger partial charge on any atom is -0.381 e. The second-order valence-corrected chi connectivity index (χ2v) is 4.80. The number of rotatable bonds is 5. The molecule has 0 aromatic carbocycles. The lowest BCUT2D eigenvalue weighted by Gasteiger charge is -2.51. The fraction of sp³-hybridized carbons (Fsp3) is 0.909. The van der Waals surface area contributed by atoms with E-state index in [0.717, 1.165) is 6.42 Å². The van der Waals surface area contributed by atoms with Gasteiger partial charge in [-0.1, -0.05) is 13.8 Å². The fourth-order valence-corrected chi connectivity index (χ4v) is 2.11. The zero-order chi connectivity index (χ0) is 12.3. The molecule has 1 aliphatic carbocycles. The zero-order valence-electron chi connectivity index (χ0n) is 10.9. The fourth-order valence-electron chi connectivity index (χ4n) is 2.11. The van der Waals surface area contributed by atoms with E-state index in [0.29, 0.717) is 0 Å². The summed E-state index contributed by atoms with van der Waals surface area (Å²) in [6, 6.07) is 0.133. The number of amides is 1. The molecule has 3 N–H and O–H groups in total. The molecule has 0 aromatic rings. The summed E-state index contributed by atoms with van der Waals surface area (Å²) in [6.45, 7) is 4.36. The minimum absolute atomic E-state index is 0. The Hall–Kier alpha value is -0.360. The molecule has 0 heterocycles. The number of nitrogens with one attached hydrogen (secondary N) is 1. The van der Waals surface area contributed by atoms with E-state index < -0.39 is 6.10 Å². The van der Waals surface area contributed by atoms with E-state index in [1.807, 2.05) is 0 Å². The van der Waals surface area contributed by atoms with Gasteiger partial charge in [-0.2, -0.15) is 0 Å². The van der Waals surface area contributed by atoms with Crippen molar-refractivity contribution in [3.63, 3.8) is 0 Å². The van der Waals surface area contributed by atoms with E-state index in [-0.39, 0.29) is 42.4 Å². The molecule has 0 saturated heterocycles. The summed E-state index contributed by atoms with van der Waals surface area (Å²) >= 11 is 0. The van der Waals surface area contributed by atoms with Crippen molar-refractivity contribution in [1.29, 1.82) is 0 Å². The third-order valence-electron chi connectivity index (χ3n) is 3.57. The van der Waals surface area contributed by atoms with Gasteiger partial charge in [0.1, 0.15) is 6.10 Å². The first-order valence-electron chi connectivity index (χ1n) is 5.53. The number of halogens is 1. The minimum atomic E-state index is -0.558. The van der Waals surface area contributed by atoms with Crippen molar-refractivity contribution in [3.8, 4) is 0 Å². The van der Waals surface area contributed by atoms with Crippen LogP contribution >= 0.6 is 12.4 Å². The first kappa shape index (κ1) is 16.6. The number of hydrogen-bond donors (Lipinski definition) is 2. The number of carbonyl (C=O) groups is 1. The van der Waals surface area contributed by atoms with Crippen LogP contribution in [0, 0.1) is 5.41 Å². The topological polar surface area (TPSA) is 73.6 Å². The third kappa shape index (κ3) is 3.31. The number of methoxy groups -OCH3 is 2. The van der Waals surface area contributed by atoms with Crippen molar-refractivity contribution >= 4 is 18.3 Å². The third-order valence-corrected chi connectivity index (χ3v) is 3.57. The summed E-state index contributed by atoms with van der Waals surface area (Å²) in [6.07, 6.45) is 0.491. The first-order valence-corrected chi connectivity index (χ1v) is 5.53. The summed E-state index contributed by atoms with van der Waals surface area (Å²) < 4.78 is 10.3. The van der Waals surface area contributed by atoms with Crippen molar-refractivity contribution in [2.24, 2.45) is 11.1 Å².